The molecular weight excluding hydrogens is 653 g/mol. The molecule has 51 heavy (non-hydrogen) atoms. The van der Waals surface area contributed by atoms with Crippen molar-refractivity contribution in [3.63, 3.8) is 0 Å². The van der Waals surface area contributed by atoms with Gasteiger partial charge in [0.05, 0.1) is 58.4 Å². The summed E-state index contributed by atoms with van der Waals surface area (Å²) in [5.41, 5.74) is 2.30. The molecule has 0 spiro atoms. The second kappa shape index (κ2) is 12.5. The van der Waals surface area contributed by atoms with Gasteiger partial charge in [0.2, 0.25) is 5.88 Å². The quantitative estimate of drug-likeness (QED) is 0.262. The number of aliphatic hydroxyl groups is 1. The lowest BCUT2D eigenvalue weighted by molar-refractivity contribution is -0.0123. The van der Waals surface area contributed by atoms with Crippen LogP contribution in [0.25, 0.3) is 33.1 Å². The van der Waals surface area contributed by atoms with Gasteiger partial charge in [0.1, 0.15) is 28.0 Å². The van der Waals surface area contributed by atoms with Gasteiger partial charge in [0, 0.05) is 35.5 Å². The summed E-state index contributed by atoms with van der Waals surface area (Å²) in [6.07, 6.45) is 7.33. The zero-order chi connectivity index (χ0) is 35.1. The number of nitrogens with one attached hydrogen (secondary N) is 1. The number of aromatic nitrogens is 5. The minimum Gasteiger partial charge on any atom is -0.480 e. The Bertz CT molecular complexity index is 1980. The Morgan fingerprint density at radius 3 is 2.75 bits per heavy atom. The summed E-state index contributed by atoms with van der Waals surface area (Å²) in [5.74, 6) is 2.21. The number of H-pyrrole nitrogens is 1. The second-order valence-electron chi connectivity index (χ2n) is 16.0. The molecule has 1 aromatic carbocycles. The number of ether oxygens (including phenoxy) is 4. The first-order chi connectivity index (χ1) is 24.7. The predicted octanol–water partition coefficient (Wildman–Crippen LogP) is 4.83. The fourth-order valence-electron chi connectivity index (χ4n) is 9.87. The third-order valence-electron chi connectivity index (χ3n) is 12.6. The average Bonchev–Trinajstić information content (AvgIpc) is 3.55. The molecule has 12 nitrogen and oxygen atoms in total. The SMILES string of the molecule is COc1nc(-c2c(C)c(C)cc3[nH]ncc23)c(F)c2nc(OCC34CCCC3N(CC3C5COCC53)CCC4)nc(N3CCOCC(C)(O)C3)c12. The first-order valence-corrected chi connectivity index (χ1v) is 18.5. The number of aromatic amines is 1. The van der Waals surface area contributed by atoms with Gasteiger partial charge in [0.25, 0.3) is 0 Å². The van der Waals surface area contributed by atoms with E-state index in [-0.39, 0.29) is 41.7 Å². The highest BCUT2D eigenvalue weighted by atomic mass is 19.1. The van der Waals surface area contributed by atoms with Gasteiger partial charge in [-0.05, 0) is 87.9 Å². The predicted molar refractivity (Wildman–Crippen MR) is 190 cm³/mol. The molecule has 2 N–H and O–H groups in total. The molecule has 3 aromatic heterocycles. The standard InChI is InChI=1S/C38H48FN7O5/c1-21-13-27-23(14-40-44-27)29(22(21)2)32-31(39)33-30(35(41-32)48-4)34(46-11-12-49-19-37(3,47)18-46)43-36(42-33)51-20-38-8-5-7-28(38)45(10-6-9-38)15-24-25-16-50-17-26(24)25/h13-14,24-26,28,47H,5-12,15-20H2,1-4H3,(H,40,44). The highest BCUT2D eigenvalue weighted by Crippen LogP contribution is 2.54. The Labute approximate surface area is 297 Å². The smallest absolute Gasteiger partial charge is 0.319 e. The van der Waals surface area contributed by atoms with Crippen molar-refractivity contribution >= 4 is 27.6 Å². The minimum absolute atomic E-state index is 0.0114. The minimum atomic E-state index is -1.16. The third-order valence-corrected chi connectivity index (χ3v) is 12.6. The maximum Gasteiger partial charge on any atom is 0.319 e. The average molecular weight is 702 g/mol. The van der Waals surface area contributed by atoms with Crippen molar-refractivity contribution in [2.75, 3.05) is 71.2 Å². The summed E-state index contributed by atoms with van der Waals surface area (Å²) in [4.78, 5) is 19.2. The van der Waals surface area contributed by atoms with Crippen LogP contribution in [0.3, 0.4) is 0 Å². The van der Waals surface area contributed by atoms with E-state index in [1.165, 1.54) is 7.11 Å². The first kappa shape index (κ1) is 33.2. The van der Waals surface area contributed by atoms with E-state index in [1.807, 2.05) is 24.8 Å². The van der Waals surface area contributed by atoms with Crippen LogP contribution >= 0.6 is 0 Å². The van der Waals surface area contributed by atoms with Gasteiger partial charge >= 0.3 is 6.01 Å². The van der Waals surface area contributed by atoms with Gasteiger partial charge in [-0.15, -0.1) is 0 Å². The van der Waals surface area contributed by atoms with Crippen molar-refractivity contribution in [3.05, 3.63) is 29.2 Å². The number of hydrogen-bond acceptors (Lipinski definition) is 11. The molecule has 0 amide bonds. The molecule has 4 aromatic rings. The highest BCUT2D eigenvalue weighted by Gasteiger charge is 2.56. The summed E-state index contributed by atoms with van der Waals surface area (Å²) in [6.45, 7) is 11.4. The molecule has 3 aliphatic heterocycles. The van der Waals surface area contributed by atoms with Crippen molar-refractivity contribution in [2.45, 2.75) is 64.5 Å². The topological polar surface area (TPSA) is 131 Å². The Morgan fingerprint density at radius 1 is 1.10 bits per heavy atom. The first-order valence-electron chi connectivity index (χ1n) is 18.5. The number of fused-ring (bicyclic) bond motifs is 4. The molecule has 3 saturated heterocycles. The molecular formula is C38H48FN7O5. The van der Waals surface area contributed by atoms with Crippen LogP contribution in [0.1, 0.15) is 50.2 Å². The maximum atomic E-state index is 17.3. The lowest BCUT2D eigenvalue weighted by Gasteiger charge is -2.46. The highest BCUT2D eigenvalue weighted by molar-refractivity contribution is 6.01. The van der Waals surface area contributed by atoms with Crippen LogP contribution in [-0.4, -0.2) is 113 Å². The Balaban J connectivity index is 1.13. The van der Waals surface area contributed by atoms with Crippen LogP contribution in [0.5, 0.6) is 11.9 Å². The van der Waals surface area contributed by atoms with Gasteiger partial charge < -0.3 is 29.0 Å². The van der Waals surface area contributed by atoms with E-state index in [1.54, 1.807) is 13.1 Å². The van der Waals surface area contributed by atoms with Crippen LogP contribution < -0.4 is 14.4 Å². The van der Waals surface area contributed by atoms with E-state index in [9.17, 15) is 5.11 Å². The number of aryl methyl sites for hydroxylation is 1. The monoisotopic (exact) mass is 701 g/mol. The molecule has 5 fully saturated rings. The number of hydrogen-bond donors (Lipinski definition) is 2. The number of anilines is 1. The lowest BCUT2D eigenvalue weighted by Crippen LogP contribution is -2.52. The normalized spacial score (nSPS) is 30.8. The summed E-state index contributed by atoms with van der Waals surface area (Å²) in [7, 11) is 1.52. The Kier molecular flexibility index (Phi) is 8.13. The molecule has 0 radical (unpaired) electrons. The van der Waals surface area contributed by atoms with Crippen molar-refractivity contribution in [3.8, 4) is 23.1 Å². The number of piperidine rings is 1. The van der Waals surface area contributed by atoms with Crippen LogP contribution in [0.2, 0.25) is 0 Å². The number of nitrogens with zero attached hydrogens (tertiary/aromatic N) is 6. The molecule has 2 aliphatic carbocycles. The molecule has 5 unspecified atom stereocenters. The Morgan fingerprint density at radius 2 is 1.92 bits per heavy atom. The van der Waals surface area contributed by atoms with Gasteiger partial charge in [-0.25, -0.2) is 9.37 Å². The van der Waals surface area contributed by atoms with E-state index in [0.29, 0.717) is 42.6 Å². The maximum absolute atomic E-state index is 17.3. The summed E-state index contributed by atoms with van der Waals surface area (Å²) < 4.78 is 41.2. The molecule has 5 aliphatic rings. The van der Waals surface area contributed by atoms with Crippen LogP contribution in [-0.2, 0) is 9.47 Å². The fraction of sp³-hybridized carbons (Fsp3) is 0.632. The summed E-state index contributed by atoms with van der Waals surface area (Å²) >= 11 is 0. The third kappa shape index (κ3) is 5.62. The number of β-amino-alcohol motifs (C(OH)–C–C–N with tert-alkyl or cyclic N) is 1. The molecule has 5 atom stereocenters. The van der Waals surface area contributed by atoms with E-state index in [4.69, 9.17) is 33.9 Å². The number of likely N-dealkylation sites (tertiary alicyclic amines) is 1. The second-order valence-corrected chi connectivity index (χ2v) is 16.0. The van der Waals surface area contributed by atoms with Gasteiger partial charge in [-0.1, -0.05) is 6.42 Å². The number of pyridine rings is 1. The fourth-order valence-corrected chi connectivity index (χ4v) is 9.87. The number of methoxy groups -OCH3 is 1. The van der Waals surface area contributed by atoms with E-state index >= 15 is 4.39 Å². The van der Waals surface area contributed by atoms with Crippen LogP contribution in [0.15, 0.2) is 12.3 Å². The Hall–Kier alpha value is -3.65. The number of rotatable bonds is 8. The zero-order valence-corrected chi connectivity index (χ0v) is 30.0. The largest absolute Gasteiger partial charge is 0.480 e. The van der Waals surface area contributed by atoms with Crippen molar-refractivity contribution in [1.82, 2.24) is 30.0 Å². The molecule has 6 heterocycles. The zero-order valence-electron chi connectivity index (χ0n) is 30.0. The lowest BCUT2D eigenvalue weighted by atomic mass is 9.75. The van der Waals surface area contributed by atoms with Gasteiger partial charge in [-0.3, -0.25) is 10.00 Å². The van der Waals surface area contributed by atoms with Crippen molar-refractivity contribution in [1.29, 1.82) is 0 Å². The van der Waals surface area contributed by atoms with E-state index in [0.717, 1.165) is 98.2 Å². The number of halogens is 1. The summed E-state index contributed by atoms with van der Waals surface area (Å²) in [5, 5.41) is 19.5. The van der Waals surface area contributed by atoms with Crippen LogP contribution in [0, 0.1) is 42.8 Å². The molecule has 272 valence electrons. The molecule has 2 saturated carbocycles. The molecule has 13 heteroatoms. The van der Waals surface area contributed by atoms with Gasteiger partial charge in [-0.2, -0.15) is 15.1 Å². The molecule has 0 bridgehead atoms. The number of benzene rings is 1. The molecule has 9 rings (SSSR count). The van der Waals surface area contributed by atoms with Crippen molar-refractivity contribution in [2.24, 2.45) is 23.2 Å². The summed E-state index contributed by atoms with van der Waals surface area (Å²) in [6, 6.07) is 2.56. The van der Waals surface area contributed by atoms with E-state index < -0.39 is 11.4 Å². The van der Waals surface area contributed by atoms with E-state index in [2.05, 4.69) is 15.1 Å². The van der Waals surface area contributed by atoms with Gasteiger partial charge in [0.15, 0.2) is 5.82 Å². The van der Waals surface area contributed by atoms with Crippen LogP contribution in [0.4, 0.5) is 10.2 Å². The van der Waals surface area contributed by atoms with Crippen molar-refractivity contribution < 1.29 is 28.4 Å².